The van der Waals surface area contributed by atoms with Crippen LogP contribution < -0.4 is 5.32 Å². The van der Waals surface area contributed by atoms with Crippen molar-refractivity contribution in [2.24, 2.45) is 7.05 Å². The first-order valence-corrected chi connectivity index (χ1v) is 9.96. The molecule has 0 atom stereocenters. The molecule has 0 radical (unpaired) electrons. The minimum Gasteiger partial charge on any atom is -0.465 e. The van der Waals surface area contributed by atoms with Gasteiger partial charge in [0.25, 0.3) is 5.91 Å². The van der Waals surface area contributed by atoms with E-state index in [2.05, 4.69) is 20.6 Å². The number of ether oxygens (including phenoxy) is 1. The highest BCUT2D eigenvalue weighted by Gasteiger charge is 2.17. The molecule has 0 aliphatic rings. The first kappa shape index (κ1) is 17.8. The third-order valence-corrected chi connectivity index (χ3v) is 6.31. The van der Waals surface area contributed by atoms with Gasteiger partial charge in [0, 0.05) is 12.4 Å². The molecule has 0 spiro atoms. The van der Waals surface area contributed by atoms with Crippen LogP contribution in [0.1, 0.15) is 22.3 Å². The van der Waals surface area contributed by atoms with E-state index in [9.17, 15) is 9.59 Å². The number of thioether (sulfide) groups is 1. The van der Waals surface area contributed by atoms with Crippen molar-refractivity contribution < 1.29 is 14.3 Å². The molecule has 0 aliphatic carbocycles. The van der Waals surface area contributed by atoms with Crippen LogP contribution >= 0.6 is 34.4 Å². The Labute approximate surface area is 155 Å². The van der Waals surface area contributed by atoms with E-state index < -0.39 is 0 Å². The number of carbonyl (C=O) groups excluding carboxylic acids is 2. The Balaban J connectivity index is 1.64. The molecule has 1 N–H and O–H groups in total. The largest absolute Gasteiger partial charge is 0.465 e. The number of carbonyl (C=O) groups is 2. The van der Waals surface area contributed by atoms with Gasteiger partial charge in [0.15, 0.2) is 4.34 Å². The van der Waals surface area contributed by atoms with E-state index in [0.717, 1.165) is 15.9 Å². The number of esters is 1. The second-order valence-electron chi connectivity index (χ2n) is 4.96. The Kier molecular flexibility index (Phi) is 5.35. The molecule has 132 valence electrons. The number of nitrogens with one attached hydrogen (secondary N) is 1. The summed E-state index contributed by atoms with van der Waals surface area (Å²) >= 11 is 3.83. The third-order valence-electron chi connectivity index (χ3n) is 3.17. The lowest BCUT2D eigenvalue weighted by Crippen LogP contribution is -2.09. The minimum atomic E-state index is -0.303. The molecule has 0 bridgehead atoms. The fourth-order valence-electron chi connectivity index (χ4n) is 2.12. The van der Waals surface area contributed by atoms with Gasteiger partial charge in [-0.25, -0.2) is 0 Å². The number of thiophene rings is 1. The van der Waals surface area contributed by atoms with Crippen LogP contribution in [0.2, 0.25) is 0 Å². The summed E-state index contributed by atoms with van der Waals surface area (Å²) in [6.45, 7) is 4.02. The molecular formula is C14H15N5O3S3. The van der Waals surface area contributed by atoms with Gasteiger partial charge in [-0.1, -0.05) is 23.1 Å². The van der Waals surface area contributed by atoms with Gasteiger partial charge in [0.05, 0.1) is 22.9 Å². The molecule has 3 heterocycles. The van der Waals surface area contributed by atoms with Gasteiger partial charge in [0.1, 0.15) is 4.83 Å². The standard InChI is InChI=1S/C14H15N5O3S3/c1-4-22-10(20)6-23-14-17-16-13(25-14)15-11(21)9-5-8-7(2)18-19(3)12(8)24-9/h5H,4,6H2,1-3H3,(H,15,16,21). The van der Waals surface area contributed by atoms with Crippen LogP contribution in [0.4, 0.5) is 5.13 Å². The summed E-state index contributed by atoms with van der Waals surface area (Å²) in [7, 11) is 1.85. The van der Waals surface area contributed by atoms with Gasteiger partial charge in [0.2, 0.25) is 5.13 Å². The Morgan fingerprint density at radius 2 is 2.16 bits per heavy atom. The zero-order chi connectivity index (χ0) is 18.0. The molecule has 3 rings (SSSR count). The SMILES string of the molecule is CCOC(=O)CSc1nnc(NC(=O)c2cc3c(C)nn(C)c3s2)s1. The van der Waals surface area contributed by atoms with Crippen LogP contribution in [0.3, 0.4) is 0 Å². The maximum Gasteiger partial charge on any atom is 0.316 e. The van der Waals surface area contributed by atoms with Crippen LogP contribution in [-0.2, 0) is 16.6 Å². The van der Waals surface area contributed by atoms with E-state index in [1.165, 1.54) is 34.4 Å². The Morgan fingerprint density at radius 3 is 2.88 bits per heavy atom. The highest BCUT2D eigenvalue weighted by molar-refractivity contribution is 8.01. The van der Waals surface area contributed by atoms with E-state index >= 15 is 0 Å². The predicted molar refractivity (Wildman–Crippen MR) is 98.5 cm³/mol. The summed E-state index contributed by atoms with van der Waals surface area (Å²) < 4.78 is 7.22. The lowest BCUT2D eigenvalue weighted by molar-refractivity contribution is -0.139. The number of hydrogen-bond donors (Lipinski definition) is 1. The van der Waals surface area contributed by atoms with Crippen LogP contribution in [0, 0.1) is 6.92 Å². The van der Waals surface area contributed by atoms with Gasteiger partial charge < -0.3 is 4.74 Å². The first-order valence-electron chi connectivity index (χ1n) is 7.34. The number of anilines is 1. The van der Waals surface area contributed by atoms with Gasteiger partial charge in [-0.05, 0) is 19.9 Å². The fraction of sp³-hybridized carbons (Fsp3) is 0.357. The molecular weight excluding hydrogens is 382 g/mol. The second kappa shape index (κ2) is 7.50. The van der Waals surface area contributed by atoms with E-state index in [1.807, 2.05) is 20.0 Å². The Morgan fingerprint density at radius 1 is 1.36 bits per heavy atom. The van der Waals surface area contributed by atoms with E-state index in [4.69, 9.17) is 4.74 Å². The molecule has 3 aromatic rings. The van der Waals surface area contributed by atoms with Gasteiger partial charge in [-0.2, -0.15) is 5.10 Å². The average molecular weight is 398 g/mol. The summed E-state index contributed by atoms with van der Waals surface area (Å²) in [6.07, 6.45) is 0. The summed E-state index contributed by atoms with van der Waals surface area (Å²) in [6, 6.07) is 1.83. The summed E-state index contributed by atoms with van der Waals surface area (Å²) in [5.41, 5.74) is 0.890. The second-order valence-corrected chi connectivity index (χ2v) is 8.19. The number of hydrogen-bond acceptors (Lipinski definition) is 9. The zero-order valence-electron chi connectivity index (χ0n) is 13.7. The molecule has 1 amide bonds. The maximum absolute atomic E-state index is 12.4. The molecule has 3 aromatic heterocycles. The van der Waals surface area contributed by atoms with Crippen LogP contribution in [0.25, 0.3) is 10.2 Å². The van der Waals surface area contributed by atoms with Crippen molar-refractivity contribution in [3.63, 3.8) is 0 Å². The van der Waals surface area contributed by atoms with Gasteiger partial charge in [-0.15, -0.1) is 21.5 Å². The van der Waals surface area contributed by atoms with Crippen molar-refractivity contribution in [1.82, 2.24) is 20.0 Å². The quantitative estimate of drug-likeness (QED) is 0.388. The summed E-state index contributed by atoms with van der Waals surface area (Å²) in [5, 5.41) is 16.3. The van der Waals surface area contributed by atoms with Gasteiger partial charge in [-0.3, -0.25) is 19.6 Å². The van der Waals surface area contributed by atoms with Crippen molar-refractivity contribution in [3.8, 4) is 0 Å². The van der Waals surface area contributed by atoms with Gasteiger partial charge >= 0.3 is 5.97 Å². The molecule has 0 unspecified atom stereocenters. The van der Waals surface area contributed by atoms with Crippen molar-refractivity contribution in [2.45, 2.75) is 18.2 Å². The highest BCUT2D eigenvalue weighted by atomic mass is 32.2. The van der Waals surface area contributed by atoms with Crippen LogP contribution in [0.15, 0.2) is 10.4 Å². The van der Waals surface area contributed by atoms with E-state index in [0.29, 0.717) is 21.0 Å². The van der Waals surface area contributed by atoms with Crippen molar-refractivity contribution in [2.75, 3.05) is 17.7 Å². The minimum absolute atomic E-state index is 0.166. The monoisotopic (exact) mass is 397 g/mol. The number of nitrogens with zero attached hydrogens (tertiary/aromatic N) is 4. The summed E-state index contributed by atoms with van der Waals surface area (Å²) in [5.74, 6) is -0.375. The lowest BCUT2D eigenvalue weighted by atomic mass is 10.3. The normalized spacial score (nSPS) is 11.0. The van der Waals surface area contributed by atoms with Crippen molar-refractivity contribution >= 4 is 61.7 Å². The molecule has 0 aromatic carbocycles. The first-order chi connectivity index (χ1) is 12.0. The maximum atomic E-state index is 12.4. The number of fused-ring (bicyclic) bond motifs is 1. The summed E-state index contributed by atoms with van der Waals surface area (Å²) in [4.78, 5) is 25.3. The molecule has 0 saturated heterocycles. The molecule has 0 fully saturated rings. The molecule has 0 aliphatic heterocycles. The topological polar surface area (TPSA) is 99.0 Å². The van der Waals surface area contributed by atoms with Crippen LogP contribution in [-0.4, -0.2) is 44.2 Å². The number of amides is 1. The van der Waals surface area contributed by atoms with Crippen LogP contribution in [0.5, 0.6) is 0 Å². The number of rotatable bonds is 6. The highest BCUT2D eigenvalue weighted by Crippen LogP contribution is 2.29. The van der Waals surface area contributed by atoms with Crippen molar-refractivity contribution in [3.05, 3.63) is 16.6 Å². The fourth-order valence-corrected chi connectivity index (χ4v) is 4.68. The Bertz CT molecular complexity index is 895. The van der Waals surface area contributed by atoms with E-state index in [1.54, 1.807) is 11.6 Å². The molecule has 25 heavy (non-hydrogen) atoms. The van der Waals surface area contributed by atoms with E-state index in [-0.39, 0.29) is 17.6 Å². The number of aryl methyl sites for hydroxylation is 2. The third kappa shape index (κ3) is 3.99. The molecule has 0 saturated carbocycles. The zero-order valence-corrected chi connectivity index (χ0v) is 16.2. The smallest absolute Gasteiger partial charge is 0.316 e. The Hall–Kier alpha value is -1.98. The lowest BCUT2D eigenvalue weighted by Gasteiger charge is -1.98. The predicted octanol–water partition coefficient (Wildman–Crippen LogP) is 2.70. The number of aromatic nitrogens is 4. The van der Waals surface area contributed by atoms with Crippen molar-refractivity contribution in [1.29, 1.82) is 0 Å². The molecule has 8 nitrogen and oxygen atoms in total. The molecule has 11 heteroatoms. The average Bonchev–Trinajstić information content (AvgIpc) is 3.25.